The quantitative estimate of drug-likeness (QED) is 0.151. The van der Waals surface area contributed by atoms with Crippen LogP contribution >= 0.6 is 7.75 Å². The average molecular weight is 617 g/mol. The first-order chi connectivity index (χ1) is 20.5. The minimum absolute atomic E-state index is 0.0282. The molecule has 1 aliphatic rings. The van der Waals surface area contributed by atoms with Crippen LogP contribution in [0.5, 0.6) is 11.6 Å². The summed E-state index contributed by atoms with van der Waals surface area (Å²) in [5, 5.41) is 2.65. The highest BCUT2D eigenvalue weighted by molar-refractivity contribution is 7.52. The molecule has 4 rings (SSSR count). The number of nitrogens with two attached hydrogens (primary N) is 1. The highest BCUT2D eigenvalue weighted by Gasteiger charge is 2.37. The van der Waals surface area contributed by atoms with Crippen molar-refractivity contribution in [3.8, 4) is 11.6 Å². The second-order valence-electron chi connectivity index (χ2n) is 10.5. The van der Waals surface area contributed by atoms with E-state index in [1.54, 1.807) is 64.4 Å². The summed E-state index contributed by atoms with van der Waals surface area (Å²) in [7, 11) is -2.76. The zero-order chi connectivity index (χ0) is 31.1. The number of nitrogens with zero attached hydrogens (tertiary/aromatic N) is 4. The van der Waals surface area contributed by atoms with E-state index in [1.807, 2.05) is 16.7 Å². The van der Waals surface area contributed by atoms with Gasteiger partial charge in [0.1, 0.15) is 11.8 Å². The number of imidazole rings is 1. The normalized spacial score (nSPS) is 18.5. The molecule has 0 bridgehead atoms. The van der Waals surface area contributed by atoms with E-state index in [0.717, 1.165) is 0 Å². The molecular weight excluding hydrogens is 579 g/mol. The van der Waals surface area contributed by atoms with Crippen LogP contribution in [0.15, 0.2) is 48.8 Å². The molecule has 1 unspecified atom stereocenters. The van der Waals surface area contributed by atoms with Crippen LogP contribution in [0, 0.1) is 5.92 Å². The molecule has 1 aromatic carbocycles. The number of carbonyl (C=O) groups excluding carboxylic acids is 2. The fraction of sp³-hybridized carbons (Fsp3) is 0.464. The number of para-hydroxylation sites is 1. The monoisotopic (exact) mass is 616 g/mol. The first-order valence-corrected chi connectivity index (χ1v) is 15.4. The number of esters is 2. The van der Waals surface area contributed by atoms with E-state index < -0.39 is 44.4 Å². The minimum atomic E-state index is -4.24. The molecule has 3 N–H and O–H groups in total. The van der Waals surface area contributed by atoms with Crippen LogP contribution in [0.1, 0.15) is 46.6 Å². The lowest BCUT2D eigenvalue weighted by Gasteiger charge is -2.26. The Labute approximate surface area is 249 Å². The summed E-state index contributed by atoms with van der Waals surface area (Å²) in [6.07, 6.45) is 4.75. The Bertz CT molecular complexity index is 1500. The number of anilines is 1. The van der Waals surface area contributed by atoms with Crippen molar-refractivity contribution >= 4 is 36.8 Å². The number of aromatic nitrogens is 4. The van der Waals surface area contributed by atoms with E-state index >= 15 is 0 Å². The van der Waals surface area contributed by atoms with Gasteiger partial charge in [0.05, 0.1) is 44.7 Å². The SMILES string of the molecule is COc1nc(N)nc2c1ncn2[C@H]1C=C[C@@H](COP(=O)(N[C@@H](CC(=O)OC(C)C)C(=O)OC(C)C)Oc2ccccc2)C1. The van der Waals surface area contributed by atoms with Crippen LogP contribution in [0.25, 0.3) is 11.2 Å². The molecule has 232 valence electrons. The molecular formula is C28H37N6O8P. The Morgan fingerprint density at radius 1 is 1.09 bits per heavy atom. The number of allylic oxidation sites excluding steroid dienone is 1. The van der Waals surface area contributed by atoms with Gasteiger partial charge in [-0.1, -0.05) is 30.4 Å². The van der Waals surface area contributed by atoms with Crippen molar-refractivity contribution in [2.45, 2.75) is 64.8 Å². The Kier molecular flexibility index (Phi) is 10.4. The second kappa shape index (κ2) is 14.0. The number of fused-ring (bicyclic) bond motifs is 1. The summed E-state index contributed by atoms with van der Waals surface area (Å²) < 4.78 is 43.5. The molecule has 0 radical (unpaired) electrons. The number of methoxy groups -OCH3 is 1. The van der Waals surface area contributed by atoms with E-state index in [2.05, 4.69) is 20.0 Å². The smallest absolute Gasteiger partial charge is 0.459 e. The molecule has 0 amide bonds. The molecule has 3 aromatic rings. The van der Waals surface area contributed by atoms with Crippen LogP contribution in [-0.2, 0) is 28.2 Å². The standard InChI is InChI=1S/C28H37N6O8P/c1-17(2)40-23(35)14-22(27(36)41-18(3)4)33-43(37,42-21-9-7-6-8-10-21)39-15-19-11-12-20(13-19)34-16-30-24-25(34)31-28(29)32-26(24)38-5/h6-12,16-20,22H,13-15H2,1-5H3,(H,33,37)(H2,29,31,32)/t19-,20+,22+,43?/m1/s1. The Morgan fingerprint density at radius 3 is 2.49 bits per heavy atom. The number of hydrogen-bond donors (Lipinski definition) is 2. The zero-order valence-electron chi connectivity index (χ0n) is 24.7. The van der Waals surface area contributed by atoms with Gasteiger partial charge in [-0.2, -0.15) is 15.1 Å². The van der Waals surface area contributed by atoms with Crippen LogP contribution in [0.3, 0.4) is 0 Å². The summed E-state index contributed by atoms with van der Waals surface area (Å²) in [6.45, 7) is 6.68. The van der Waals surface area contributed by atoms with Crippen molar-refractivity contribution in [2.24, 2.45) is 5.92 Å². The molecule has 4 atom stereocenters. The predicted molar refractivity (Wildman–Crippen MR) is 157 cm³/mol. The van der Waals surface area contributed by atoms with E-state index in [9.17, 15) is 14.2 Å². The van der Waals surface area contributed by atoms with E-state index in [-0.39, 0.29) is 36.1 Å². The fourth-order valence-corrected chi connectivity index (χ4v) is 5.99. The topological polar surface area (TPSA) is 179 Å². The largest absolute Gasteiger partial charge is 0.479 e. The van der Waals surface area contributed by atoms with Gasteiger partial charge in [0.2, 0.25) is 11.8 Å². The highest BCUT2D eigenvalue weighted by atomic mass is 31.2. The van der Waals surface area contributed by atoms with Crippen molar-refractivity contribution in [2.75, 3.05) is 19.5 Å². The highest BCUT2D eigenvalue weighted by Crippen LogP contribution is 2.46. The molecule has 14 nitrogen and oxygen atoms in total. The van der Waals surface area contributed by atoms with Crippen molar-refractivity contribution in [1.82, 2.24) is 24.6 Å². The summed E-state index contributed by atoms with van der Waals surface area (Å²) >= 11 is 0. The van der Waals surface area contributed by atoms with Gasteiger partial charge in [0.15, 0.2) is 11.2 Å². The van der Waals surface area contributed by atoms with Crippen molar-refractivity contribution in [3.05, 3.63) is 48.8 Å². The molecule has 0 saturated carbocycles. The van der Waals surface area contributed by atoms with Crippen LogP contribution in [0.2, 0.25) is 0 Å². The molecule has 0 fully saturated rings. The molecule has 15 heteroatoms. The van der Waals surface area contributed by atoms with Crippen molar-refractivity contribution in [3.63, 3.8) is 0 Å². The maximum atomic E-state index is 14.1. The number of benzene rings is 1. The van der Waals surface area contributed by atoms with Crippen molar-refractivity contribution < 1.29 is 37.4 Å². The lowest BCUT2D eigenvalue weighted by atomic mass is 10.1. The minimum Gasteiger partial charge on any atom is -0.479 e. The maximum absolute atomic E-state index is 14.1. The number of hydrogen-bond acceptors (Lipinski definition) is 12. The summed E-state index contributed by atoms with van der Waals surface area (Å²) in [4.78, 5) is 38.2. The Morgan fingerprint density at radius 2 is 1.81 bits per heavy atom. The van der Waals surface area contributed by atoms with Gasteiger partial charge in [-0.3, -0.25) is 14.1 Å². The third-order valence-electron chi connectivity index (χ3n) is 6.22. The molecule has 2 aromatic heterocycles. The van der Waals surface area contributed by atoms with Gasteiger partial charge in [-0.15, -0.1) is 0 Å². The van der Waals surface area contributed by atoms with Gasteiger partial charge in [-0.25, -0.2) is 9.55 Å². The summed E-state index contributed by atoms with van der Waals surface area (Å²) in [5.74, 6) is -1.08. The first-order valence-electron chi connectivity index (χ1n) is 13.9. The predicted octanol–water partition coefficient (Wildman–Crippen LogP) is 3.99. The van der Waals surface area contributed by atoms with E-state index in [0.29, 0.717) is 17.6 Å². The van der Waals surface area contributed by atoms with Gasteiger partial charge in [-0.05, 0) is 46.2 Å². The first kappa shape index (κ1) is 31.9. The van der Waals surface area contributed by atoms with E-state index in [1.165, 1.54) is 7.11 Å². The molecule has 43 heavy (non-hydrogen) atoms. The van der Waals surface area contributed by atoms with Crippen LogP contribution in [-0.4, -0.2) is 63.4 Å². The maximum Gasteiger partial charge on any atom is 0.459 e. The Hall–Kier alpha value is -4.00. The van der Waals surface area contributed by atoms with Crippen LogP contribution in [0.4, 0.5) is 5.95 Å². The van der Waals surface area contributed by atoms with Crippen LogP contribution < -0.4 is 20.1 Å². The van der Waals surface area contributed by atoms with Crippen molar-refractivity contribution in [1.29, 1.82) is 0 Å². The van der Waals surface area contributed by atoms with E-state index in [4.69, 9.17) is 29.0 Å². The number of nitrogens with one attached hydrogen (secondary N) is 1. The molecule has 0 spiro atoms. The lowest BCUT2D eigenvalue weighted by Crippen LogP contribution is -2.41. The Balaban J connectivity index is 1.51. The second-order valence-corrected chi connectivity index (χ2v) is 12.2. The third kappa shape index (κ3) is 8.53. The summed E-state index contributed by atoms with van der Waals surface area (Å²) in [5.41, 5.74) is 6.85. The van der Waals surface area contributed by atoms with Gasteiger partial charge in [0, 0.05) is 5.92 Å². The number of ether oxygens (including phenoxy) is 3. The van der Waals surface area contributed by atoms with Gasteiger partial charge >= 0.3 is 19.7 Å². The molecule has 2 heterocycles. The number of nitrogen functional groups attached to an aromatic ring is 1. The molecule has 1 aliphatic carbocycles. The third-order valence-corrected chi connectivity index (χ3v) is 7.79. The number of rotatable bonds is 14. The van der Waals surface area contributed by atoms with Gasteiger partial charge in [0.25, 0.3) is 0 Å². The summed E-state index contributed by atoms with van der Waals surface area (Å²) in [6, 6.07) is 6.87. The molecule has 0 aliphatic heterocycles. The average Bonchev–Trinajstić information content (AvgIpc) is 3.58. The fourth-order valence-electron chi connectivity index (χ4n) is 4.44. The molecule has 0 saturated heterocycles. The number of carbonyl (C=O) groups is 2. The zero-order valence-corrected chi connectivity index (χ0v) is 25.6. The lowest BCUT2D eigenvalue weighted by molar-refractivity contribution is -0.156. The van der Waals surface area contributed by atoms with Gasteiger partial charge < -0.3 is 29.0 Å².